The van der Waals surface area contributed by atoms with Crippen LogP contribution in [0, 0.1) is 5.92 Å². The van der Waals surface area contributed by atoms with E-state index in [2.05, 4.69) is 15.1 Å². The van der Waals surface area contributed by atoms with E-state index in [1.54, 1.807) is 0 Å². The zero-order valence-corrected chi connectivity index (χ0v) is 13.7. The molecule has 3 N–H and O–H groups in total. The monoisotopic (exact) mass is 354 g/mol. The van der Waals surface area contributed by atoms with E-state index in [4.69, 9.17) is 10.5 Å². The molecule has 0 amide bonds. The average Bonchev–Trinajstić information content (AvgIpc) is 3.06. The Balaban J connectivity index is 1.41. The maximum absolute atomic E-state index is 14.1. The molecule has 1 fully saturated rings. The van der Waals surface area contributed by atoms with E-state index in [0.29, 0.717) is 19.1 Å². The first-order valence-corrected chi connectivity index (χ1v) is 8.56. The molecule has 0 bridgehead atoms. The lowest BCUT2D eigenvalue weighted by molar-refractivity contribution is -0.0744. The SMILES string of the molecule is NC1CC(N2CCc3cn[nH]c3C2)CO[C@@H]1C1CC(F)=C(F)C=C1F. The Kier molecular flexibility index (Phi) is 4.43. The van der Waals surface area contributed by atoms with Crippen LogP contribution in [0.2, 0.25) is 0 Å². The van der Waals surface area contributed by atoms with Crippen LogP contribution in [0.15, 0.2) is 29.8 Å². The van der Waals surface area contributed by atoms with E-state index in [0.717, 1.165) is 25.2 Å². The number of allylic oxidation sites excluding steroid dienone is 3. The van der Waals surface area contributed by atoms with Gasteiger partial charge in [0.2, 0.25) is 0 Å². The first kappa shape index (κ1) is 16.8. The van der Waals surface area contributed by atoms with E-state index in [1.165, 1.54) is 5.56 Å². The Bertz CT molecular complexity index is 717. The third kappa shape index (κ3) is 3.14. The zero-order valence-electron chi connectivity index (χ0n) is 13.7. The van der Waals surface area contributed by atoms with Crippen molar-refractivity contribution in [2.45, 2.75) is 44.0 Å². The molecule has 3 heterocycles. The Morgan fingerprint density at radius 1 is 1.32 bits per heavy atom. The van der Waals surface area contributed by atoms with Crippen molar-refractivity contribution in [1.82, 2.24) is 15.1 Å². The van der Waals surface area contributed by atoms with Crippen LogP contribution < -0.4 is 5.73 Å². The van der Waals surface area contributed by atoms with Gasteiger partial charge in [0.15, 0.2) is 5.83 Å². The zero-order chi connectivity index (χ0) is 17.6. The Morgan fingerprint density at radius 3 is 2.96 bits per heavy atom. The second-order valence-electron chi connectivity index (χ2n) is 7.04. The van der Waals surface area contributed by atoms with E-state index in [1.807, 2.05) is 6.20 Å². The molecular weight excluding hydrogens is 333 g/mol. The molecule has 4 atom stereocenters. The number of H-pyrrole nitrogens is 1. The number of fused-ring (bicyclic) bond motifs is 1. The van der Waals surface area contributed by atoms with Crippen LogP contribution in [0.25, 0.3) is 0 Å². The molecule has 0 aromatic carbocycles. The number of aromatic nitrogens is 2. The smallest absolute Gasteiger partial charge is 0.157 e. The number of nitrogens with one attached hydrogen (secondary N) is 1. The lowest BCUT2D eigenvalue weighted by Gasteiger charge is -2.43. The highest BCUT2D eigenvalue weighted by Gasteiger charge is 2.41. The fraction of sp³-hybridized carbons (Fsp3) is 0.588. The average molecular weight is 354 g/mol. The van der Waals surface area contributed by atoms with Gasteiger partial charge in [-0.15, -0.1) is 0 Å². The van der Waals surface area contributed by atoms with Crippen molar-refractivity contribution in [3.63, 3.8) is 0 Å². The number of nitrogens with two attached hydrogens (primary N) is 1. The van der Waals surface area contributed by atoms with Crippen molar-refractivity contribution in [3.8, 4) is 0 Å². The van der Waals surface area contributed by atoms with E-state index >= 15 is 0 Å². The quantitative estimate of drug-likeness (QED) is 0.855. The lowest BCUT2D eigenvalue weighted by atomic mass is 9.84. The molecule has 25 heavy (non-hydrogen) atoms. The van der Waals surface area contributed by atoms with Crippen LogP contribution in [0.1, 0.15) is 24.1 Å². The molecule has 3 unspecified atom stereocenters. The molecule has 1 aromatic heterocycles. The number of rotatable bonds is 2. The highest BCUT2D eigenvalue weighted by Crippen LogP contribution is 2.38. The van der Waals surface area contributed by atoms with Gasteiger partial charge in [-0.1, -0.05) is 0 Å². The number of hydrogen-bond donors (Lipinski definition) is 2. The fourth-order valence-corrected chi connectivity index (χ4v) is 4.05. The standard InChI is InChI=1S/C17H21F3N4O/c18-12-5-14(20)13(19)4-11(12)17-15(21)3-10(8-25-17)24-2-1-9-6-22-23-16(9)7-24/h5-6,10-11,15,17H,1-4,7-8,21H2,(H,22,23)/t10?,11?,15?,17-/m1/s1. The van der Waals surface area contributed by atoms with Crippen LogP contribution in [0.5, 0.6) is 0 Å². The van der Waals surface area contributed by atoms with Gasteiger partial charge >= 0.3 is 0 Å². The first-order valence-electron chi connectivity index (χ1n) is 8.56. The summed E-state index contributed by atoms with van der Waals surface area (Å²) in [6.07, 6.45) is 3.03. The number of aromatic amines is 1. The molecule has 3 aliphatic rings. The minimum atomic E-state index is -1.14. The normalized spacial score (nSPS) is 34.0. The van der Waals surface area contributed by atoms with Crippen LogP contribution >= 0.6 is 0 Å². The van der Waals surface area contributed by atoms with Crippen LogP contribution in [-0.4, -0.2) is 46.4 Å². The van der Waals surface area contributed by atoms with Crippen molar-refractivity contribution in [1.29, 1.82) is 0 Å². The van der Waals surface area contributed by atoms with E-state index in [-0.39, 0.29) is 12.5 Å². The second kappa shape index (κ2) is 6.59. The lowest BCUT2D eigenvalue weighted by Crippen LogP contribution is -2.55. The molecular formula is C17H21F3N4O. The minimum Gasteiger partial charge on any atom is -0.374 e. The predicted molar refractivity (Wildman–Crippen MR) is 85.4 cm³/mol. The highest BCUT2D eigenvalue weighted by atomic mass is 19.2. The van der Waals surface area contributed by atoms with Crippen LogP contribution in [-0.2, 0) is 17.7 Å². The molecule has 2 aliphatic heterocycles. The van der Waals surface area contributed by atoms with Crippen molar-refractivity contribution in [3.05, 3.63) is 41.0 Å². The molecule has 0 radical (unpaired) electrons. The summed E-state index contributed by atoms with van der Waals surface area (Å²) in [6.45, 7) is 2.04. The van der Waals surface area contributed by atoms with E-state index < -0.39 is 35.5 Å². The van der Waals surface area contributed by atoms with Crippen molar-refractivity contribution in [2.24, 2.45) is 11.7 Å². The highest BCUT2D eigenvalue weighted by molar-refractivity contribution is 5.26. The van der Waals surface area contributed by atoms with Crippen LogP contribution in [0.4, 0.5) is 13.2 Å². The van der Waals surface area contributed by atoms with Crippen molar-refractivity contribution >= 4 is 0 Å². The summed E-state index contributed by atoms with van der Waals surface area (Å²) in [6, 6.07) is -0.310. The Morgan fingerprint density at radius 2 is 2.16 bits per heavy atom. The summed E-state index contributed by atoms with van der Waals surface area (Å²) < 4.78 is 46.6. The third-order valence-corrected chi connectivity index (χ3v) is 5.47. The largest absolute Gasteiger partial charge is 0.374 e. The first-order chi connectivity index (χ1) is 12.0. The van der Waals surface area contributed by atoms with Gasteiger partial charge in [0.1, 0.15) is 11.7 Å². The molecule has 8 heteroatoms. The number of nitrogens with zero attached hydrogens (tertiary/aromatic N) is 2. The number of ether oxygens (including phenoxy) is 1. The Hall–Kier alpha value is -1.64. The minimum absolute atomic E-state index is 0.121. The molecule has 136 valence electrons. The van der Waals surface area contributed by atoms with Gasteiger partial charge in [0.25, 0.3) is 0 Å². The predicted octanol–water partition coefficient (Wildman–Crippen LogP) is 2.28. The Labute approximate surface area is 143 Å². The summed E-state index contributed by atoms with van der Waals surface area (Å²) in [5, 5.41) is 7.08. The molecule has 0 spiro atoms. The summed E-state index contributed by atoms with van der Waals surface area (Å²) in [4.78, 5) is 2.28. The molecule has 1 aromatic rings. The maximum Gasteiger partial charge on any atom is 0.157 e. The van der Waals surface area contributed by atoms with Gasteiger partial charge in [-0.05, 0) is 18.4 Å². The van der Waals surface area contributed by atoms with Gasteiger partial charge in [0.05, 0.1) is 24.6 Å². The summed E-state index contributed by atoms with van der Waals surface area (Å²) in [5.74, 6) is -3.62. The number of hydrogen-bond acceptors (Lipinski definition) is 4. The maximum atomic E-state index is 14.1. The molecule has 1 saturated heterocycles. The van der Waals surface area contributed by atoms with Crippen LogP contribution in [0.3, 0.4) is 0 Å². The fourth-order valence-electron chi connectivity index (χ4n) is 4.05. The summed E-state index contributed by atoms with van der Waals surface area (Å²) >= 11 is 0. The van der Waals surface area contributed by atoms with Gasteiger partial charge in [-0.2, -0.15) is 5.10 Å². The van der Waals surface area contributed by atoms with E-state index in [9.17, 15) is 13.2 Å². The molecule has 5 nitrogen and oxygen atoms in total. The van der Waals surface area contributed by atoms with Gasteiger partial charge in [-0.25, -0.2) is 13.2 Å². The van der Waals surface area contributed by atoms with Gasteiger partial charge in [0, 0.05) is 43.6 Å². The van der Waals surface area contributed by atoms with Crippen molar-refractivity contribution in [2.75, 3.05) is 13.2 Å². The number of halogens is 3. The van der Waals surface area contributed by atoms with Crippen molar-refractivity contribution < 1.29 is 17.9 Å². The third-order valence-electron chi connectivity index (χ3n) is 5.47. The molecule has 4 rings (SSSR count). The summed E-state index contributed by atoms with van der Waals surface area (Å²) in [7, 11) is 0. The van der Waals surface area contributed by atoms with Gasteiger partial charge in [-0.3, -0.25) is 10.00 Å². The molecule has 1 aliphatic carbocycles. The topological polar surface area (TPSA) is 67.2 Å². The second-order valence-corrected chi connectivity index (χ2v) is 7.04. The summed E-state index contributed by atoms with van der Waals surface area (Å²) in [5.41, 5.74) is 8.56. The van der Waals surface area contributed by atoms with Gasteiger partial charge < -0.3 is 10.5 Å². The molecule has 0 saturated carbocycles.